The highest BCUT2D eigenvalue weighted by Gasteiger charge is 2.34. The normalized spacial score (nSPS) is 12.6. The van der Waals surface area contributed by atoms with Gasteiger partial charge >= 0.3 is 6.18 Å². The monoisotopic (exact) mass is 586 g/mol. The fourth-order valence-electron chi connectivity index (χ4n) is 4.38. The van der Waals surface area contributed by atoms with Gasteiger partial charge in [-0.05, 0) is 60.1 Å². The van der Waals surface area contributed by atoms with Crippen LogP contribution in [0.3, 0.4) is 0 Å². The SMILES string of the molecule is CNCc1ccccc1Cl.O=Cc1cccc(-c2cnc3c(c2)N(Cc2cc(Cl)ccc2C(F)(F)F)CCN3)c1. The molecule has 10 heteroatoms. The summed E-state index contributed by atoms with van der Waals surface area (Å²) in [5.74, 6) is 0.604. The first-order valence-corrected chi connectivity index (χ1v) is 13.2. The molecule has 0 fully saturated rings. The highest BCUT2D eigenvalue weighted by atomic mass is 35.5. The highest BCUT2D eigenvalue weighted by Crippen LogP contribution is 2.37. The Hall–Kier alpha value is -3.59. The summed E-state index contributed by atoms with van der Waals surface area (Å²) in [5.41, 5.74) is 3.36. The van der Waals surface area contributed by atoms with Crippen LogP contribution in [-0.2, 0) is 19.3 Å². The van der Waals surface area contributed by atoms with E-state index in [0.717, 1.165) is 40.6 Å². The largest absolute Gasteiger partial charge is 0.416 e. The molecule has 1 aliphatic heterocycles. The minimum absolute atomic E-state index is 0.0452. The Morgan fingerprint density at radius 1 is 1.00 bits per heavy atom. The van der Waals surface area contributed by atoms with Gasteiger partial charge in [-0.25, -0.2) is 4.98 Å². The van der Waals surface area contributed by atoms with Gasteiger partial charge in [0.15, 0.2) is 0 Å². The van der Waals surface area contributed by atoms with Crippen LogP contribution in [0.5, 0.6) is 0 Å². The first-order valence-electron chi connectivity index (χ1n) is 12.5. The van der Waals surface area contributed by atoms with E-state index in [4.69, 9.17) is 23.2 Å². The summed E-state index contributed by atoms with van der Waals surface area (Å²) in [6, 6.07) is 20.4. The zero-order chi connectivity index (χ0) is 28.7. The number of hydrogen-bond donors (Lipinski definition) is 2. The van der Waals surface area contributed by atoms with Crippen molar-refractivity contribution in [3.8, 4) is 11.1 Å². The number of carbonyl (C=O) groups excluding carboxylic acids is 1. The molecule has 0 amide bonds. The number of halogens is 5. The van der Waals surface area contributed by atoms with Crippen LogP contribution in [0.15, 0.2) is 79.0 Å². The van der Waals surface area contributed by atoms with Crippen molar-refractivity contribution < 1.29 is 18.0 Å². The predicted octanol–water partition coefficient (Wildman–Crippen LogP) is 7.72. The Morgan fingerprint density at radius 3 is 2.52 bits per heavy atom. The number of hydrogen-bond acceptors (Lipinski definition) is 5. The van der Waals surface area contributed by atoms with Gasteiger partial charge in [0.1, 0.15) is 12.1 Å². The van der Waals surface area contributed by atoms with Crippen LogP contribution < -0.4 is 15.5 Å². The maximum atomic E-state index is 13.5. The number of fused-ring (bicyclic) bond motifs is 1. The lowest BCUT2D eigenvalue weighted by atomic mass is 10.0. The van der Waals surface area contributed by atoms with E-state index in [1.165, 1.54) is 12.1 Å². The van der Waals surface area contributed by atoms with Crippen LogP contribution in [0.4, 0.5) is 24.7 Å². The van der Waals surface area contributed by atoms with E-state index < -0.39 is 11.7 Å². The van der Waals surface area contributed by atoms with Crippen LogP contribution >= 0.6 is 23.2 Å². The maximum absolute atomic E-state index is 13.5. The Bertz CT molecular complexity index is 1480. The molecular weight excluding hydrogens is 560 g/mol. The molecule has 40 heavy (non-hydrogen) atoms. The van der Waals surface area contributed by atoms with E-state index in [1.54, 1.807) is 24.4 Å². The molecule has 0 spiro atoms. The van der Waals surface area contributed by atoms with E-state index in [0.29, 0.717) is 30.2 Å². The fraction of sp³-hybridized carbons (Fsp3) is 0.200. The quantitative estimate of drug-likeness (QED) is 0.226. The van der Waals surface area contributed by atoms with Crippen molar-refractivity contribution in [2.24, 2.45) is 0 Å². The second-order valence-electron chi connectivity index (χ2n) is 9.10. The first-order chi connectivity index (χ1) is 19.2. The number of carbonyl (C=O) groups is 1. The van der Waals surface area contributed by atoms with Crippen molar-refractivity contribution in [2.75, 3.05) is 30.4 Å². The number of aldehydes is 1. The first kappa shape index (κ1) is 29.4. The molecule has 0 atom stereocenters. The molecule has 0 saturated heterocycles. The van der Waals surface area contributed by atoms with E-state index in [-0.39, 0.29) is 17.1 Å². The standard InChI is InChI=1S/C22H17ClF3N3O.C8H10ClN/c23-18-4-5-19(22(24,25)26)17(9-18)12-29-7-6-27-21-20(29)10-16(11-28-21)15-3-1-2-14(8-15)13-30;1-10-6-7-4-2-3-5-8(7)9/h1-5,8-11,13H,6-7,12H2,(H,27,28);2-5,10H,6H2,1H3. The molecule has 0 saturated carbocycles. The summed E-state index contributed by atoms with van der Waals surface area (Å²) >= 11 is 11.8. The third kappa shape index (κ3) is 7.33. The number of pyridine rings is 1. The molecule has 0 bridgehead atoms. The highest BCUT2D eigenvalue weighted by molar-refractivity contribution is 6.31. The van der Waals surface area contributed by atoms with Crippen molar-refractivity contribution in [1.29, 1.82) is 0 Å². The summed E-state index contributed by atoms with van der Waals surface area (Å²) in [6.07, 6.45) is -2.02. The summed E-state index contributed by atoms with van der Waals surface area (Å²) in [7, 11) is 1.91. The van der Waals surface area contributed by atoms with Gasteiger partial charge in [-0.3, -0.25) is 4.79 Å². The molecule has 2 heterocycles. The molecule has 0 radical (unpaired) electrons. The van der Waals surface area contributed by atoms with E-state index in [1.807, 2.05) is 48.3 Å². The lowest BCUT2D eigenvalue weighted by Crippen LogP contribution is -2.34. The van der Waals surface area contributed by atoms with Crippen molar-refractivity contribution in [3.63, 3.8) is 0 Å². The van der Waals surface area contributed by atoms with Crippen LogP contribution in [0, 0.1) is 0 Å². The lowest BCUT2D eigenvalue weighted by Gasteiger charge is -2.32. The zero-order valence-corrected chi connectivity index (χ0v) is 23.1. The third-order valence-electron chi connectivity index (χ3n) is 6.30. The van der Waals surface area contributed by atoms with Crippen LogP contribution in [0.1, 0.15) is 27.0 Å². The summed E-state index contributed by atoms with van der Waals surface area (Å²) in [5, 5.41) is 7.30. The molecule has 5 nitrogen and oxygen atoms in total. The van der Waals surface area contributed by atoms with E-state index in [9.17, 15) is 18.0 Å². The molecule has 5 rings (SSSR count). The second kappa shape index (κ2) is 13.2. The molecule has 4 aromatic rings. The summed E-state index contributed by atoms with van der Waals surface area (Å²) in [6.45, 7) is 1.95. The Labute approximate surface area is 241 Å². The smallest absolute Gasteiger partial charge is 0.367 e. The number of anilines is 2. The third-order valence-corrected chi connectivity index (χ3v) is 6.90. The Balaban J connectivity index is 0.000000312. The number of nitrogens with one attached hydrogen (secondary N) is 2. The molecule has 0 unspecified atom stereocenters. The lowest BCUT2D eigenvalue weighted by molar-refractivity contribution is -0.138. The minimum atomic E-state index is -4.47. The molecular formula is C30H27Cl2F3N4O. The van der Waals surface area contributed by atoms with Crippen LogP contribution in [0.25, 0.3) is 11.1 Å². The van der Waals surface area contributed by atoms with Gasteiger partial charge < -0.3 is 15.5 Å². The second-order valence-corrected chi connectivity index (χ2v) is 9.95. The Morgan fingerprint density at radius 2 is 1.80 bits per heavy atom. The molecule has 2 N–H and O–H groups in total. The molecule has 208 valence electrons. The fourth-order valence-corrected chi connectivity index (χ4v) is 4.78. The van der Waals surface area contributed by atoms with Crippen molar-refractivity contribution >= 4 is 41.0 Å². The van der Waals surface area contributed by atoms with Crippen molar-refractivity contribution in [3.05, 3.63) is 111 Å². The van der Waals surface area contributed by atoms with Gasteiger partial charge in [-0.15, -0.1) is 0 Å². The van der Waals surface area contributed by atoms with E-state index >= 15 is 0 Å². The summed E-state index contributed by atoms with van der Waals surface area (Å²) < 4.78 is 40.4. The number of aromatic nitrogens is 1. The van der Waals surface area contributed by atoms with Crippen LogP contribution in [-0.4, -0.2) is 31.4 Å². The molecule has 0 aliphatic carbocycles. The predicted molar refractivity (Wildman–Crippen MR) is 155 cm³/mol. The maximum Gasteiger partial charge on any atom is 0.416 e. The van der Waals surface area contributed by atoms with Crippen molar-refractivity contribution in [1.82, 2.24) is 10.3 Å². The molecule has 1 aliphatic rings. The Kier molecular flexibility index (Phi) is 9.68. The van der Waals surface area contributed by atoms with Gasteiger partial charge in [0.25, 0.3) is 0 Å². The number of rotatable bonds is 6. The molecule has 3 aromatic carbocycles. The van der Waals surface area contributed by atoms with Gasteiger partial charge in [-0.1, -0.05) is 59.6 Å². The van der Waals surface area contributed by atoms with Crippen molar-refractivity contribution in [2.45, 2.75) is 19.3 Å². The topological polar surface area (TPSA) is 57.3 Å². The van der Waals surface area contributed by atoms with Gasteiger partial charge in [0, 0.05) is 53.5 Å². The average Bonchev–Trinajstić information content (AvgIpc) is 2.94. The van der Waals surface area contributed by atoms with Gasteiger partial charge in [0.05, 0.1) is 11.3 Å². The van der Waals surface area contributed by atoms with Gasteiger partial charge in [-0.2, -0.15) is 13.2 Å². The van der Waals surface area contributed by atoms with E-state index in [2.05, 4.69) is 15.6 Å². The summed E-state index contributed by atoms with van der Waals surface area (Å²) in [4.78, 5) is 17.4. The minimum Gasteiger partial charge on any atom is -0.367 e. The molecule has 1 aromatic heterocycles. The van der Waals surface area contributed by atoms with Gasteiger partial charge in [0.2, 0.25) is 0 Å². The average molecular weight is 587 g/mol. The number of nitrogens with zero attached hydrogens (tertiary/aromatic N) is 2. The van der Waals surface area contributed by atoms with Crippen LogP contribution in [0.2, 0.25) is 10.0 Å². The number of alkyl halides is 3. The number of benzene rings is 3. The zero-order valence-electron chi connectivity index (χ0n) is 21.6.